The molecule has 0 radical (unpaired) electrons. The minimum Gasteiger partial charge on any atom is -0.434 e. The highest BCUT2D eigenvalue weighted by atomic mass is 19.3. The molecule has 4 aromatic rings. The highest BCUT2D eigenvalue weighted by molar-refractivity contribution is 5.87. The first-order valence-electron chi connectivity index (χ1n) is 10.6. The molecule has 0 unspecified atom stereocenters. The van der Waals surface area contributed by atoms with E-state index in [4.69, 9.17) is 4.74 Å². The molecule has 0 atom stereocenters. The molecule has 0 aliphatic rings. The Morgan fingerprint density at radius 3 is 2.47 bits per heavy atom. The molecule has 4 nitrogen and oxygen atoms in total. The first kappa shape index (κ1) is 21.9. The summed E-state index contributed by atoms with van der Waals surface area (Å²) in [6.07, 6.45) is 4.48. The Kier molecular flexibility index (Phi) is 6.17. The van der Waals surface area contributed by atoms with Gasteiger partial charge in [-0.05, 0) is 36.2 Å². The Morgan fingerprint density at radius 2 is 1.81 bits per heavy atom. The maximum Gasteiger partial charge on any atom is 0.387 e. The second kappa shape index (κ2) is 9.02. The van der Waals surface area contributed by atoms with E-state index in [1.165, 1.54) is 12.1 Å². The summed E-state index contributed by atoms with van der Waals surface area (Å²) in [5.41, 5.74) is 3.00. The molecular formula is C25H24F3N3O. The van der Waals surface area contributed by atoms with E-state index in [-0.39, 0.29) is 22.6 Å². The zero-order valence-electron chi connectivity index (χ0n) is 18.1. The Hall–Kier alpha value is -3.35. The molecule has 2 aromatic heterocycles. The molecule has 0 aliphatic carbocycles. The lowest BCUT2D eigenvalue weighted by Gasteiger charge is -2.17. The lowest BCUT2D eigenvalue weighted by atomic mass is 9.98. The normalized spacial score (nSPS) is 11.6. The predicted octanol–water partition coefficient (Wildman–Crippen LogP) is 6.44. The van der Waals surface area contributed by atoms with Crippen LogP contribution in [0.3, 0.4) is 0 Å². The number of para-hydroxylation sites is 1. The van der Waals surface area contributed by atoms with Crippen LogP contribution < -0.4 is 4.74 Å². The molecular weight excluding hydrogens is 415 g/mol. The van der Waals surface area contributed by atoms with Gasteiger partial charge in [0.25, 0.3) is 0 Å². The number of hydrogen-bond acceptors (Lipinski definition) is 3. The summed E-state index contributed by atoms with van der Waals surface area (Å²) in [4.78, 5) is 8.85. The third-order valence-corrected chi connectivity index (χ3v) is 5.42. The molecule has 0 fully saturated rings. The van der Waals surface area contributed by atoms with Crippen LogP contribution in [0.4, 0.5) is 13.2 Å². The van der Waals surface area contributed by atoms with Gasteiger partial charge in [-0.25, -0.2) is 14.4 Å². The molecule has 2 heterocycles. The quantitative estimate of drug-likeness (QED) is 0.333. The molecule has 166 valence electrons. The number of aromatic nitrogens is 3. The number of hydrogen-bond donors (Lipinski definition) is 0. The average Bonchev–Trinajstić information content (AvgIpc) is 3.26. The van der Waals surface area contributed by atoms with Crippen molar-refractivity contribution in [1.29, 1.82) is 0 Å². The van der Waals surface area contributed by atoms with E-state index in [1.807, 2.05) is 42.0 Å². The van der Waals surface area contributed by atoms with Crippen LogP contribution >= 0.6 is 0 Å². The number of nitrogens with zero attached hydrogens (tertiary/aromatic N) is 3. The predicted molar refractivity (Wildman–Crippen MR) is 118 cm³/mol. The van der Waals surface area contributed by atoms with Crippen molar-refractivity contribution in [3.8, 4) is 11.4 Å². The number of ether oxygens (including phenoxy) is 1. The molecule has 32 heavy (non-hydrogen) atoms. The first-order valence-corrected chi connectivity index (χ1v) is 10.6. The van der Waals surface area contributed by atoms with E-state index in [1.54, 1.807) is 12.3 Å². The van der Waals surface area contributed by atoms with Crippen LogP contribution in [0.1, 0.15) is 49.3 Å². The topological polar surface area (TPSA) is 39.9 Å². The van der Waals surface area contributed by atoms with Crippen LogP contribution in [0.15, 0.2) is 54.9 Å². The molecule has 0 amide bonds. The maximum atomic E-state index is 14.3. The van der Waals surface area contributed by atoms with Crippen molar-refractivity contribution in [3.05, 3.63) is 83.3 Å². The standard InChI is InChI=1S/C25H24F3N3O/c1-4-21-19(23(32-25(27)28)18-6-5-7-20(26)22(18)30-21)14-16-8-10-17(11-9-16)31-13-12-29-24(31)15(2)3/h5-13,15,25H,4,14H2,1-3H3. The molecule has 0 aliphatic heterocycles. The minimum atomic E-state index is -3.02. The summed E-state index contributed by atoms with van der Waals surface area (Å²) in [6.45, 7) is 3.00. The van der Waals surface area contributed by atoms with Crippen LogP contribution in [-0.2, 0) is 12.8 Å². The molecule has 0 N–H and O–H groups in total. The van der Waals surface area contributed by atoms with Crippen molar-refractivity contribution < 1.29 is 17.9 Å². The fourth-order valence-electron chi connectivity index (χ4n) is 3.95. The zero-order chi connectivity index (χ0) is 22.8. The summed E-state index contributed by atoms with van der Waals surface area (Å²) in [5.74, 6) is 0.657. The Bertz CT molecular complexity index is 1230. The maximum absolute atomic E-state index is 14.3. The van der Waals surface area contributed by atoms with Crippen molar-refractivity contribution >= 4 is 10.9 Å². The fourth-order valence-corrected chi connectivity index (χ4v) is 3.95. The number of rotatable bonds is 7. The first-order chi connectivity index (χ1) is 15.4. The van der Waals surface area contributed by atoms with Gasteiger partial charge < -0.3 is 9.30 Å². The number of aryl methyl sites for hydroxylation is 1. The minimum absolute atomic E-state index is 0.0119. The molecule has 0 saturated carbocycles. The number of benzene rings is 2. The van der Waals surface area contributed by atoms with Crippen LogP contribution in [0.5, 0.6) is 5.75 Å². The van der Waals surface area contributed by atoms with E-state index in [0.29, 0.717) is 24.1 Å². The largest absolute Gasteiger partial charge is 0.434 e. The van der Waals surface area contributed by atoms with Gasteiger partial charge in [0.1, 0.15) is 22.9 Å². The van der Waals surface area contributed by atoms with Gasteiger partial charge in [0.2, 0.25) is 0 Å². The smallest absolute Gasteiger partial charge is 0.387 e. The average molecular weight is 439 g/mol. The van der Waals surface area contributed by atoms with Gasteiger partial charge in [-0.15, -0.1) is 0 Å². The lowest BCUT2D eigenvalue weighted by Crippen LogP contribution is -2.10. The molecule has 0 saturated heterocycles. The van der Waals surface area contributed by atoms with E-state index < -0.39 is 12.4 Å². The van der Waals surface area contributed by atoms with Gasteiger partial charge in [0, 0.05) is 47.1 Å². The van der Waals surface area contributed by atoms with Crippen molar-refractivity contribution in [2.75, 3.05) is 0 Å². The Balaban J connectivity index is 1.76. The van der Waals surface area contributed by atoms with Gasteiger partial charge in [-0.3, -0.25) is 0 Å². The SMILES string of the molecule is CCc1nc2c(F)cccc2c(OC(F)F)c1Cc1ccc(-n2ccnc2C(C)C)cc1. The second-order valence-electron chi connectivity index (χ2n) is 7.89. The zero-order valence-corrected chi connectivity index (χ0v) is 18.1. The Morgan fingerprint density at radius 1 is 1.06 bits per heavy atom. The van der Waals surface area contributed by atoms with Crippen molar-refractivity contribution in [3.63, 3.8) is 0 Å². The summed E-state index contributed by atoms with van der Waals surface area (Å²) in [5, 5.41) is 0.245. The van der Waals surface area contributed by atoms with Gasteiger partial charge in [-0.2, -0.15) is 8.78 Å². The number of pyridine rings is 1. The van der Waals surface area contributed by atoms with Crippen LogP contribution in [-0.4, -0.2) is 21.1 Å². The highest BCUT2D eigenvalue weighted by Crippen LogP contribution is 2.35. The third-order valence-electron chi connectivity index (χ3n) is 5.42. The van der Waals surface area contributed by atoms with Crippen LogP contribution in [0.2, 0.25) is 0 Å². The number of alkyl halides is 2. The fraction of sp³-hybridized carbons (Fsp3) is 0.280. The molecule has 0 spiro atoms. The summed E-state index contributed by atoms with van der Waals surface area (Å²) < 4.78 is 47.8. The molecule has 7 heteroatoms. The van der Waals surface area contributed by atoms with Crippen molar-refractivity contribution in [1.82, 2.24) is 14.5 Å². The molecule has 0 bridgehead atoms. The van der Waals surface area contributed by atoms with E-state index >= 15 is 0 Å². The molecule has 4 rings (SSSR count). The Labute approximate surface area is 184 Å². The van der Waals surface area contributed by atoms with E-state index in [0.717, 1.165) is 17.1 Å². The van der Waals surface area contributed by atoms with E-state index in [2.05, 4.69) is 23.8 Å². The van der Waals surface area contributed by atoms with Gasteiger partial charge in [0.05, 0.1) is 0 Å². The van der Waals surface area contributed by atoms with Gasteiger partial charge in [-0.1, -0.05) is 39.0 Å². The summed E-state index contributed by atoms with van der Waals surface area (Å²) in [6, 6.07) is 12.1. The highest BCUT2D eigenvalue weighted by Gasteiger charge is 2.21. The van der Waals surface area contributed by atoms with Gasteiger partial charge in [0.15, 0.2) is 0 Å². The molecule has 2 aromatic carbocycles. The summed E-state index contributed by atoms with van der Waals surface area (Å²) in [7, 11) is 0. The van der Waals surface area contributed by atoms with E-state index in [9.17, 15) is 13.2 Å². The number of fused-ring (bicyclic) bond motifs is 1. The number of halogens is 3. The third kappa shape index (κ3) is 4.20. The van der Waals surface area contributed by atoms with Crippen molar-refractivity contribution in [2.24, 2.45) is 0 Å². The number of imidazole rings is 1. The van der Waals surface area contributed by atoms with Gasteiger partial charge >= 0.3 is 6.61 Å². The summed E-state index contributed by atoms with van der Waals surface area (Å²) >= 11 is 0. The van der Waals surface area contributed by atoms with Crippen molar-refractivity contribution in [2.45, 2.75) is 46.1 Å². The second-order valence-corrected chi connectivity index (χ2v) is 7.89. The lowest BCUT2D eigenvalue weighted by molar-refractivity contribution is -0.0494. The van der Waals surface area contributed by atoms with Crippen LogP contribution in [0, 0.1) is 5.82 Å². The monoisotopic (exact) mass is 439 g/mol. The van der Waals surface area contributed by atoms with Crippen LogP contribution in [0.25, 0.3) is 16.6 Å².